The first-order valence-electron chi connectivity index (χ1n) is 6.35. The first-order chi connectivity index (χ1) is 9.83. The monoisotopic (exact) mass is 283 g/mol. The molecule has 0 saturated carbocycles. The van der Waals surface area contributed by atoms with E-state index in [9.17, 15) is 4.79 Å². The number of carbonyl (C=O) groups excluding carboxylic acids is 1. The summed E-state index contributed by atoms with van der Waals surface area (Å²) in [7, 11) is 0. The Morgan fingerprint density at radius 3 is 2.75 bits per heavy atom. The largest absolute Gasteiger partial charge is 0.352 e. The number of amides is 1. The maximum Gasteiger partial charge on any atom is 0.251 e. The van der Waals surface area contributed by atoms with Crippen LogP contribution < -0.4 is 5.32 Å². The standard InChI is InChI=1S/C15H13N3OS/c19-15(11-5-8-16-9-6-11)17-10-7-14-18-12-3-1-2-4-13(12)20-14/h1-6,8-9H,7,10H2,(H,17,19). The number of carbonyl (C=O) groups is 1. The van der Waals surface area contributed by atoms with E-state index in [1.165, 1.54) is 4.70 Å². The van der Waals surface area contributed by atoms with E-state index in [-0.39, 0.29) is 5.91 Å². The number of thiazole rings is 1. The summed E-state index contributed by atoms with van der Waals surface area (Å²) in [5.41, 5.74) is 1.65. The Kier molecular flexibility index (Phi) is 3.69. The second kappa shape index (κ2) is 5.79. The fourth-order valence-electron chi connectivity index (χ4n) is 1.92. The van der Waals surface area contributed by atoms with Gasteiger partial charge in [0.25, 0.3) is 5.91 Å². The zero-order chi connectivity index (χ0) is 13.8. The average molecular weight is 283 g/mol. The van der Waals surface area contributed by atoms with Crippen molar-refractivity contribution >= 4 is 27.5 Å². The van der Waals surface area contributed by atoms with Gasteiger partial charge in [0.05, 0.1) is 15.2 Å². The van der Waals surface area contributed by atoms with E-state index >= 15 is 0 Å². The number of hydrogen-bond donors (Lipinski definition) is 1. The van der Waals surface area contributed by atoms with Crippen molar-refractivity contribution in [3.63, 3.8) is 0 Å². The molecule has 1 aromatic carbocycles. The van der Waals surface area contributed by atoms with Crippen LogP contribution in [0.5, 0.6) is 0 Å². The minimum Gasteiger partial charge on any atom is -0.352 e. The minimum absolute atomic E-state index is 0.0755. The highest BCUT2D eigenvalue weighted by Crippen LogP contribution is 2.21. The highest BCUT2D eigenvalue weighted by atomic mass is 32.1. The third-order valence-corrected chi connectivity index (χ3v) is 4.00. The minimum atomic E-state index is -0.0755. The van der Waals surface area contributed by atoms with Gasteiger partial charge >= 0.3 is 0 Å². The van der Waals surface area contributed by atoms with Crippen molar-refractivity contribution < 1.29 is 4.79 Å². The lowest BCUT2D eigenvalue weighted by molar-refractivity contribution is 0.0954. The second-order valence-electron chi connectivity index (χ2n) is 4.32. The normalized spacial score (nSPS) is 10.6. The van der Waals surface area contributed by atoms with E-state index in [1.807, 2.05) is 18.2 Å². The van der Waals surface area contributed by atoms with Crippen molar-refractivity contribution in [2.24, 2.45) is 0 Å². The number of fused-ring (bicyclic) bond motifs is 1. The van der Waals surface area contributed by atoms with Gasteiger partial charge in [0, 0.05) is 30.9 Å². The molecule has 0 aliphatic rings. The summed E-state index contributed by atoms with van der Waals surface area (Å²) in [6.07, 6.45) is 3.97. The Morgan fingerprint density at radius 1 is 1.15 bits per heavy atom. The van der Waals surface area contributed by atoms with Gasteiger partial charge in [0.1, 0.15) is 0 Å². The van der Waals surface area contributed by atoms with E-state index in [2.05, 4.69) is 21.4 Å². The van der Waals surface area contributed by atoms with E-state index in [0.717, 1.165) is 16.9 Å². The molecule has 4 nitrogen and oxygen atoms in total. The van der Waals surface area contributed by atoms with Gasteiger partial charge < -0.3 is 5.32 Å². The summed E-state index contributed by atoms with van der Waals surface area (Å²) >= 11 is 1.67. The van der Waals surface area contributed by atoms with Crippen LogP contribution in [0.25, 0.3) is 10.2 Å². The lowest BCUT2D eigenvalue weighted by Crippen LogP contribution is -2.25. The fourth-order valence-corrected chi connectivity index (χ4v) is 2.88. The summed E-state index contributed by atoms with van der Waals surface area (Å²) in [4.78, 5) is 20.3. The summed E-state index contributed by atoms with van der Waals surface area (Å²) in [6, 6.07) is 11.5. The summed E-state index contributed by atoms with van der Waals surface area (Å²) in [5, 5.41) is 3.93. The molecule has 0 aliphatic heterocycles. The molecular formula is C15H13N3OS. The number of para-hydroxylation sites is 1. The number of hydrogen-bond acceptors (Lipinski definition) is 4. The van der Waals surface area contributed by atoms with Gasteiger partial charge in [-0.2, -0.15) is 0 Å². The number of rotatable bonds is 4. The lowest BCUT2D eigenvalue weighted by Gasteiger charge is -2.03. The summed E-state index contributed by atoms with van der Waals surface area (Å²) in [6.45, 7) is 0.584. The Labute approximate surface area is 120 Å². The first-order valence-corrected chi connectivity index (χ1v) is 7.17. The second-order valence-corrected chi connectivity index (χ2v) is 5.43. The van der Waals surface area contributed by atoms with Gasteiger partial charge in [-0.15, -0.1) is 11.3 Å². The number of aromatic nitrogens is 2. The molecule has 0 aliphatic carbocycles. The number of pyridine rings is 1. The predicted molar refractivity (Wildman–Crippen MR) is 79.9 cm³/mol. The molecule has 0 spiro atoms. The average Bonchev–Trinajstić information content (AvgIpc) is 2.90. The van der Waals surface area contributed by atoms with E-state index in [4.69, 9.17) is 0 Å². The Bertz CT molecular complexity index is 691. The third kappa shape index (κ3) is 2.83. The van der Waals surface area contributed by atoms with Crippen LogP contribution in [-0.4, -0.2) is 22.4 Å². The molecule has 2 aromatic heterocycles. The van der Waals surface area contributed by atoms with E-state index in [0.29, 0.717) is 12.1 Å². The third-order valence-electron chi connectivity index (χ3n) is 2.91. The van der Waals surface area contributed by atoms with Gasteiger partial charge in [-0.3, -0.25) is 9.78 Å². The molecule has 0 fully saturated rings. The zero-order valence-electron chi connectivity index (χ0n) is 10.7. The molecular weight excluding hydrogens is 270 g/mol. The van der Waals surface area contributed by atoms with Crippen LogP contribution in [0, 0.1) is 0 Å². The maximum absolute atomic E-state index is 11.9. The topological polar surface area (TPSA) is 54.9 Å². The molecule has 100 valence electrons. The Morgan fingerprint density at radius 2 is 1.95 bits per heavy atom. The van der Waals surface area contributed by atoms with Crippen LogP contribution in [0.4, 0.5) is 0 Å². The molecule has 3 aromatic rings. The quantitative estimate of drug-likeness (QED) is 0.801. The maximum atomic E-state index is 11.9. The number of nitrogens with one attached hydrogen (secondary N) is 1. The molecule has 2 heterocycles. The van der Waals surface area contributed by atoms with Crippen molar-refractivity contribution in [1.29, 1.82) is 0 Å². The molecule has 5 heteroatoms. The van der Waals surface area contributed by atoms with Crippen LogP contribution in [-0.2, 0) is 6.42 Å². The van der Waals surface area contributed by atoms with Crippen LogP contribution in [0.2, 0.25) is 0 Å². The predicted octanol–water partition coefficient (Wildman–Crippen LogP) is 2.66. The smallest absolute Gasteiger partial charge is 0.251 e. The summed E-state index contributed by atoms with van der Waals surface area (Å²) in [5.74, 6) is -0.0755. The molecule has 0 bridgehead atoms. The number of benzene rings is 1. The highest BCUT2D eigenvalue weighted by Gasteiger charge is 2.06. The molecule has 1 amide bonds. The van der Waals surface area contributed by atoms with Gasteiger partial charge in [0.15, 0.2) is 0 Å². The zero-order valence-corrected chi connectivity index (χ0v) is 11.6. The molecule has 0 atom stereocenters. The molecule has 0 saturated heterocycles. The molecule has 1 N–H and O–H groups in total. The van der Waals surface area contributed by atoms with Crippen molar-refractivity contribution in [3.8, 4) is 0 Å². The number of nitrogens with zero attached hydrogens (tertiary/aromatic N) is 2. The van der Waals surface area contributed by atoms with Gasteiger partial charge in [0.2, 0.25) is 0 Å². The lowest BCUT2D eigenvalue weighted by atomic mass is 10.2. The Balaban J connectivity index is 1.58. The van der Waals surface area contributed by atoms with Crippen LogP contribution >= 0.6 is 11.3 Å². The SMILES string of the molecule is O=C(NCCc1nc2ccccc2s1)c1ccncc1. The molecule has 0 radical (unpaired) electrons. The molecule has 3 rings (SSSR count). The summed E-state index contributed by atoms with van der Waals surface area (Å²) < 4.78 is 1.18. The fraction of sp³-hybridized carbons (Fsp3) is 0.133. The van der Waals surface area contributed by atoms with E-state index in [1.54, 1.807) is 35.9 Å². The Hall–Kier alpha value is -2.27. The van der Waals surface area contributed by atoms with Crippen molar-refractivity contribution in [2.75, 3.05) is 6.54 Å². The van der Waals surface area contributed by atoms with Crippen molar-refractivity contribution in [1.82, 2.24) is 15.3 Å². The van der Waals surface area contributed by atoms with Gasteiger partial charge in [-0.25, -0.2) is 4.98 Å². The van der Waals surface area contributed by atoms with Gasteiger partial charge in [-0.1, -0.05) is 12.1 Å². The van der Waals surface area contributed by atoms with Crippen LogP contribution in [0.3, 0.4) is 0 Å². The van der Waals surface area contributed by atoms with Crippen LogP contribution in [0.15, 0.2) is 48.8 Å². The van der Waals surface area contributed by atoms with Gasteiger partial charge in [-0.05, 0) is 24.3 Å². The molecule has 0 unspecified atom stereocenters. The highest BCUT2D eigenvalue weighted by molar-refractivity contribution is 7.18. The van der Waals surface area contributed by atoms with Crippen LogP contribution in [0.1, 0.15) is 15.4 Å². The van der Waals surface area contributed by atoms with Crippen molar-refractivity contribution in [3.05, 3.63) is 59.4 Å². The van der Waals surface area contributed by atoms with Crippen molar-refractivity contribution in [2.45, 2.75) is 6.42 Å². The van der Waals surface area contributed by atoms with E-state index < -0.39 is 0 Å². The molecule has 20 heavy (non-hydrogen) atoms. The first kappa shape index (κ1) is 12.7.